The molecular weight excluding hydrogens is 401 g/mol. The van der Waals surface area contributed by atoms with E-state index in [-0.39, 0.29) is 30.6 Å². The number of aromatic nitrogens is 1. The number of nitrogens with zero attached hydrogens (tertiary/aromatic N) is 3. The van der Waals surface area contributed by atoms with Crippen molar-refractivity contribution in [3.8, 4) is 0 Å². The van der Waals surface area contributed by atoms with Gasteiger partial charge in [-0.2, -0.15) is 0 Å². The normalized spacial score (nSPS) is 23.5. The summed E-state index contributed by atoms with van der Waals surface area (Å²) in [6, 6.07) is 11.0. The van der Waals surface area contributed by atoms with Crippen LogP contribution in [-0.4, -0.2) is 53.4 Å². The van der Waals surface area contributed by atoms with Gasteiger partial charge in [0, 0.05) is 44.0 Å². The first-order valence-corrected chi connectivity index (χ1v) is 10.2. The molecule has 3 heterocycles. The molecule has 2 aliphatic rings. The number of hydrogen-bond donors (Lipinski definition) is 2. The summed E-state index contributed by atoms with van der Waals surface area (Å²) in [4.78, 5) is 45.4. The van der Waals surface area contributed by atoms with Gasteiger partial charge in [-0.3, -0.25) is 19.9 Å². The Morgan fingerprint density at radius 1 is 1.23 bits per heavy atom. The van der Waals surface area contributed by atoms with Crippen LogP contribution in [0.2, 0.25) is 0 Å². The highest BCUT2D eigenvalue weighted by atomic mass is 19.1. The molecule has 4 rings (SSSR count). The van der Waals surface area contributed by atoms with Gasteiger partial charge in [0.1, 0.15) is 5.82 Å². The van der Waals surface area contributed by atoms with E-state index in [2.05, 4.69) is 20.5 Å². The molecule has 2 aliphatic heterocycles. The Morgan fingerprint density at radius 3 is 2.71 bits per heavy atom. The molecule has 2 saturated heterocycles. The Bertz CT molecular complexity index is 1000. The number of piperazine rings is 1. The van der Waals surface area contributed by atoms with Crippen molar-refractivity contribution in [1.29, 1.82) is 0 Å². The lowest BCUT2D eigenvalue weighted by Gasteiger charge is -2.41. The summed E-state index contributed by atoms with van der Waals surface area (Å²) >= 11 is 0. The number of carbonyl (C=O) groups is 3. The van der Waals surface area contributed by atoms with Crippen LogP contribution < -0.4 is 15.5 Å². The zero-order valence-corrected chi connectivity index (χ0v) is 17.2. The van der Waals surface area contributed by atoms with Crippen molar-refractivity contribution in [1.82, 2.24) is 20.5 Å². The third kappa shape index (κ3) is 4.08. The Morgan fingerprint density at radius 2 is 2.06 bits per heavy atom. The molecule has 0 bridgehead atoms. The number of rotatable bonds is 5. The number of anilines is 1. The molecule has 31 heavy (non-hydrogen) atoms. The lowest BCUT2D eigenvalue weighted by Crippen LogP contribution is -2.54. The van der Waals surface area contributed by atoms with Gasteiger partial charge in [0.05, 0.1) is 5.69 Å². The van der Waals surface area contributed by atoms with Gasteiger partial charge in [0.2, 0.25) is 5.91 Å². The highest BCUT2D eigenvalue weighted by Crippen LogP contribution is 2.29. The smallest absolute Gasteiger partial charge is 0.322 e. The van der Waals surface area contributed by atoms with Gasteiger partial charge in [0.25, 0.3) is 5.91 Å². The predicted octanol–water partition coefficient (Wildman–Crippen LogP) is 1.77. The van der Waals surface area contributed by atoms with Crippen LogP contribution in [0, 0.1) is 5.82 Å². The SMILES string of the molecule is C[C@H]1CN(C(=O)CCC2(c3ccccn3)NC(=O)NC2=O)CCN1c1cccc(F)c1. The summed E-state index contributed by atoms with van der Waals surface area (Å²) < 4.78 is 13.6. The van der Waals surface area contributed by atoms with Crippen LogP contribution in [0.4, 0.5) is 14.9 Å². The van der Waals surface area contributed by atoms with Crippen molar-refractivity contribution >= 4 is 23.5 Å². The zero-order chi connectivity index (χ0) is 22.0. The van der Waals surface area contributed by atoms with Crippen LogP contribution in [0.3, 0.4) is 0 Å². The number of nitrogens with one attached hydrogen (secondary N) is 2. The first kappa shape index (κ1) is 20.8. The Labute approximate surface area is 179 Å². The number of amides is 4. The topological polar surface area (TPSA) is 94.6 Å². The van der Waals surface area contributed by atoms with E-state index in [9.17, 15) is 18.8 Å². The van der Waals surface area contributed by atoms with Crippen LogP contribution in [0.25, 0.3) is 0 Å². The molecule has 0 radical (unpaired) electrons. The van der Waals surface area contributed by atoms with E-state index in [4.69, 9.17) is 0 Å². The molecule has 0 aliphatic carbocycles. The lowest BCUT2D eigenvalue weighted by atomic mass is 9.88. The summed E-state index contributed by atoms with van der Waals surface area (Å²) in [7, 11) is 0. The molecule has 9 heteroatoms. The van der Waals surface area contributed by atoms with E-state index in [1.54, 1.807) is 35.4 Å². The van der Waals surface area contributed by atoms with Crippen LogP contribution in [0.5, 0.6) is 0 Å². The highest BCUT2D eigenvalue weighted by Gasteiger charge is 2.49. The maximum absolute atomic E-state index is 13.6. The quantitative estimate of drug-likeness (QED) is 0.712. The monoisotopic (exact) mass is 425 g/mol. The van der Waals surface area contributed by atoms with Crippen LogP contribution in [0.15, 0.2) is 48.7 Å². The summed E-state index contributed by atoms with van der Waals surface area (Å²) in [5.41, 5.74) is -0.169. The molecule has 162 valence electrons. The standard InChI is InChI=1S/C22H24FN5O3/c1-15-14-27(11-12-28(15)17-6-4-5-16(23)13-17)19(29)8-9-22(18-7-2-3-10-24-18)20(30)25-21(31)26-22/h2-7,10,13,15H,8-9,11-12,14H2,1H3,(H2,25,26,30,31)/t15-,22?/m0/s1. The number of halogens is 1. The third-order valence-electron chi connectivity index (χ3n) is 5.88. The fourth-order valence-electron chi connectivity index (χ4n) is 4.27. The average Bonchev–Trinajstić information content (AvgIpc) is 3.06. The van der Waals surface area contributed by atoms with E-state index in [0.29, 0.717) is 25.3 Å². The second kappa shape index (κ2) is 8.33. The number of carbonyl (C=O) groups excluding carboxylic acids is 3. The van der Waals surface area contributed by atoms with E-state index in [1.807, 2.05) is 13.0 Å². The Kier molecular flexibility index (Phi) is 5.58. The van der Waals surface area contributed by atoms with Crippen molar-refractivity contribution in [2.45, 2.75) is 31.3 Å². The summed E-state index contributed by atoms with van der Waals surface area (Å²) in [5, 5.41) is 4.91. The minimum atomic E-state index is -1.36. The summed E-state index contributed by atoms with van der Waals surface area (Å²) in [5.74, 6) is -0.900. The zero-order valence-electron chi connectivity index (χ0n) is 17.2. The average molecular weight is 425 g/mol. The minimum Gasteiger partial charge on any atom is -0.365 e. The molecule has 2 aromatic rings. The van der Waals surface area contributed by atoms with Gasteiger partial charge < -0.3 is 15.1 Å². The summed E-state index contributed by atoms with van der Waals surface area (Å²) in [6.07, 6.45) is 1.74. The number of imide groups is 1. The number of hydrogen-bond acceptors (Lipinski definition) is 5. The maximum Gasteiger partial charge on any atom is 0.322 e. The number of urea groups is 1. The first-order valence-electron chi connectivity index (χ1n) is 10.2. The Hall–Kier alpha value is -3.49. The minimum absolute atomic E-state index is 0.0127. The fourth-order valence-corrected chi connectivity index (χ4v) is 4.27. The molecule has 1 aromatic heterocycles. The molecule has 1 aromatic carbocycles. The highest BCUT2D eigenvalue weighted by molar-refractivity contribution is 6.07. The fraction of sp³-hybridized carbons (Fsp3) is 0.364. The predicted molar refractivity (Wildman–Crippen MR) is 112 cm³/mol. The molecule has 2 fully saturated rings. The van der Waals surface area contributed by atoms with E-state index in [0.717, 1.165) is 5.69 Å². The van der Waals surface area contributed by atoms with Gasteiger partial charge in [-0.15, -0.1) is 0 Å². The van der Waals surface area contributed by atoms with E-state index < -0.39 is 17.5 Å². The second-order valence-corrected chi connectivity index (χ2v) is 7.89. The molecule has 0 saturated carbocycles. The van der Waals surface area contributed by atoms with E-state index in [1.165, 1.54) is 12.1 Å². The van der Waals surface area contributed by atoms with Gasteiger partial charge in [-0.25, -0.2) is 9.18 Å². The van der Waals surface area contributed by atoms with E-state index >= 15 is 0 Å². The third-order valence-corrected chi connectivity index (χ3v) is 5.88. The van der Waals surface area contributed by atoms with Gasteiger partial charge in [-0.05, 0) is 43.7 Å². The van der Waals surface area contributed by atoms with Crippen LogP contribution in [0.1, 0.15) is 25.5 Å². The van der Waals surface area contributed by atoms with Crippen molar-refractivity contribution in [3.63, 3.8) is 0 Å². The van der Waals surface area contributed by atoms with Gasteiger partial charge in [-0.1, -0.05) is 12.1 Å². The second-order valence-electron chi connectivity index (χ2n) is 7.89. The molecule has 8 nitrogen and oxygen atoms in total. The molecule has 0 spiro atoms. The molecule has 4 amide bonds. The number of benzene rings is 1. The van der Waals surface area contributed by atoms with Crippen molar-refractivity contribution in [2.24, 2.45) is 0 Å². The lowest BCUT2D eigenvalue weighted by molar-refractivity contribution is -0.133. The molecule has 2 atom stereocenters. The largest absolute Gasteiger partial charge is 0.365 e. The molecular formula is C22H24FN5O3. The summed E-state index contributed by atoms with van der Waals surface area (Å²) in [6.45, 7) is 3.56. The van der Waals surface area contributed by atoms with Gasteiger partial charge in [0.15, 0.2) is 5.54 Å². The number of pyridine rings is 1. The Balaban J connectivity index is 1.42. The van der Waals surface area contributed by atoms with Crippen LogP contribution in [-0.2, 0) is 15.1 Å². The van der Waals surface area contributed by atoms with Crippen LogP contribution >= 0.6 is 0 Å². The maximum atomic E-state index is 13.6. The van der Waals surface area contributed by atoms with Crippen molar-refractivity contribution < 1.29 is 18.8 Å². The first-order chi connectivity index (χ1) is 14.9. The molecule has 1 unspecified atom stereocenters. The van der Waals surface area contributed by atoms with Crippen molar-refractivity contribution in [2.75, 3.05) is 24.5 Å². The molecule has 2 N–H and O–H groups in total. The van der Waals surface area contributed by atoms with Gasteiger partial charge >= 0.3 is 6.03 Å². The van der Waals surface area contributed by atoms with Crippen molar-refractivity contribution in [3.05, 3.63) is 60.2 Å².